The van der Waals surface area contributed by atoms with Gasteiger partial charge in [-0.25, -0.2) is 13.4 Å². The van der Waals surface area contributed by atoms with Crippen molar-refractivity contribution in [1.82, 2.24) is 9.29 Å². The van der Waals surface area contributed by atoms with Crippen molar-refractivity contribution in [2.24, 2.45) is 0 Å². The van der Waals surface area contributed by atoms with Crippen molar-refractivity contribution in [2.45, 2.75) is 13.5 Å². The zero-order valence-corrected chi connectivity index (χ0v) is 13.0. The van der Waals surface area contributed by atoms with Crippen molar-refractivity contribution >= 4 is 27.4 Å². The molecule has 2 aromatic rings. The van der Waals surface area contributed by atoms with Gasteiger partial charge < -0.3 is 0 Å². The maximum atomic E-state index is 12.1. The lowest BCUT2D eigenvalue weighted by Gasteiger charge is -2.12. The average Bonchev–Trinajstić information content (AvgIpc) is 2.83. The molecule has 1 heterocycles. The molecule has 0 aliphatic heterocycles. The summed E-state index contributed by atoms with van der Waals surface area (Å²) >= 11 is 1.51. The summed E-state index contributed by atoms with van der Waals surface area (Å²) in [6, 6.07) is 9.35. The summed E-state index contributed by atoms with van der Waals surface area (Å²) in [6.07, 6.45) is 3.32. The molecule has 0 bridgehead atoms. The summed E-state index contributed by atoms with van der Waals surface area (Å²) in [4.78, 5) is 5.06. The van der Waals surface area contributed by atoms with Gasteiger partial charge in [0, 0.05) is 30.1 Å². The molecule has 0 atom stereocenters. The number of hydrogen-bond acceptors (Lipinski definition) is 4. The van der Waals surface area contributed by atoms with Crippen LogP contribution in [-0.2, 0) is 16.6 Å². The predicted molar refractivity (Wildman–Crippen MR) is 82.7 cm³/mol. The summed E-state index contributed by atoms with van der Waals surface area (Å²) in [7, 11) is -1.85. The summed E-state index contributed by atoms with van der Waals surface area (Å²) < 4.78 is 25.6. The largest absolute Gasteiger partial charge is 0.250 e. The number of aryl methyl sites for hydroxylation is 1. The molecule has 1 aromatic carbocycles. The zero-order chi connectivity index (χ0) is 14.6. The Morgan fingerprint density at radius 1 is 1.30 bits per heavy atom. The predicted octanol–water partition coefficient (Wildman–Crippen LogP) is 2.88. The van der Waals surface area contributed by atoms with Gasteiger partial charge in [0.2, 0.25) is 10.0 Å². The molecule has 2 rings (SSSR count). The van der Waals surface area contributed by atoms with Crippen LogP contribution in [0.15, 0.2) is 41.9 Å². The number of benzene rings is 1. The van der Waals surface area contributed by atoms with E-state index in [9.17, 15) is 8.42 Å². The Morgan fingerprint density at radius 3 is 2.60 bits per heavy atom. The van der Waals surface area contributed by atoms with Crippen LogP contribution in [0.4, 0.5) is 0 Å². The van der Waals surface area contributed by atoms with E-state index in [4.69, 9.17) is 0 Å². The molecule has 0 saturated carbocycles. The zero-order valence-electron chi connectivity index (χ0n) is 11.4. The fourth-order valence-corrected chi connectivity index (χ4v) is 3.41. The van der Waals surface area contributed by atoms with Crippen LogP contribution in [0.25, 0.3) is 6.08 Å². The van der Waals surface area contributed by atoms with E-state index in [1.54, 1.807) is 19.3 Å². The molecule has 1 aromatic heterocycles. The molecular weight excluding hydrogens is 292 g/mol. The molecule has 0 unspecified atom stereocenters. The Bertz CT molecular complexity index is 691. The van der Waals surface area contributed by atoms with Crippen LogP contribution < -0.4 is 0 Å². The molecule has 0 aliphatic carbocycles. The first-order valence-electron chi connectivity index (χ1n) is 6.08. The van der Waals surface area contributed by atoms with Gasteiger partial charge >= 0.3 is 0 Å². The average molecular weight is 308 g/mol. The number of hydrogen-bond donors (Lipinski definition) is 0. The van der Waals surface area contributed by atoms with Gasteiger partial charge in [-0.1, -0.05) is 30.3 Å². The van der Waals surface area contributed by atoms with Crippen LogP contribution in [0.5, 0.6) is 0 Å². The summed E-state index contributed by atoms with van der Waals surface area (Å²) in [5, 5.41) is 2.17. The Morgan fingerprint density at radius 2 is 2.00 bits per heavy atom. The summed E-state index contributed by atoms with van der Waals surface area (Å²) in [5.41, 5.74) is 0.859. The third-order valence-corrected chi connectivity index (χ3v) is 5.09. The minimum absolute atomic E-state index is 0.340. The van der Waals surface area contributed by atoms with Crippen molar-refractivity contribution < 1.29 is 8.42 Å². The van der Waals surface area contributed by atoms with Crippen molar-refractivity contribution in [2.75, 3.05) is 7.05 Å². The van der Waals surface area contributed by atoms with E-state index in [2.05, 4.69) is 4.98 Å². The number of nitrogens with zero attached hydrogens (tertiary/aromatic N) is 2. The van der Waals surface area contributed by atoms with Crippen molar-refractivity contribution in [3.8, 4) is 0 Å². The van der Waals surface area contributed by atoms with Crippen molar-refractivity contribution in [3.63, 3.8) is 0 Å². The molecule has 106 valence electrons. The maximum Gasteiger partial charge on any atom is 0.236 e. The second-order valence-electron chi connectivity index (χ2n) is 4.36. The Kier molecular flexibility index (Phi) is 4.69. The van der Waals surface area contributed by atoms with Crippen LogP contribution >= 0.6 is 11.3 Å². The molecule has 0 saturated heterocycles. The molecule has 6 heteroatoms. The van der Waals surface area contributed by atoms with E-state index >= 15 is 0 Å². The van der Waals surface area contributed by atoms with E-state index in [0.29, 0.717) is 6.54 Å². The summed E-state index contributed by atoms with van der Waals surface area (Å²) in [5.74, 6) is 0. The lowest BCUT2D eigenvalue weighted by molar-refractivity contribution is 0.478. The van der Waals surface area contributed by atoms with E-state index in [1.807, 2.05) is 37.3 Å². The van der Waals surface area contributed by atoms with E-state index in [-0.39, 0.29) is 0 Å². The van der Waals surface area contributed by atoms with E-state index < -0.39 is 10.0 Å². The Labute approximate surface area is 123 Å². The van der Waals surface area contributed by atoms with Gasteiger partial charge in [0.25, 0.3) is 0 Å². The highest BCUT2D eigenvalue weighted by Crippen LogP contribution is 2.16. The van der Waals surface area contributed by atoms with Gasteiger partial charge in [-0.05, 0) is 18.6 Å². The molecule has 0 fully saturated rings. The molecule has 0 aliphatic rings. The molecular formula is C14H16N2O2S2. The van der Waals surface area contributed by atoms with Crippen molar-refractivity contribution in [3.05, 3.63) is 57.4 Å². The van der Waals surface area contributed by atoms with Crippen LogP contribution in [0.3, 0.4) is 0 Å². The Hall–Kier alpha value is -1.50. The molecule has 4 nitrogen and oxygen atoms in total. The highest BCUT2D eigenvalue weighted by atomic mass is 32.2. The van der Waals surface area contributed by atoms with Gasteiger partial charge in [-0.3, -0.25) is 0 Å². The van der Waals surface area contributed by atoms with E-state index in [1.165, 1.54) is 21.1 Å². The topological polar surface area (TPSA) is 50.3 Å². The van der Waals surface area contributed by atoms with Crippen LogP contribution in [-0.4, -0.2) is 24.8 Å². The second kappa shape index (κ2) is 6.30. The van der Waals surface area contributed by atoms with Crippen LogP contribution in [0.1, 0.15) is 15.4 Å². The van der Waals surface area contributed by atoms with Gasteiger partial charge in [-0.2, -0.15) is 4.31 Å². The number of sulfonamides is 1. The van der Waals surface area contributed by atoms with Crippen molar-refractivity contribution in [1.29, 1.82) is 0 Å². The fraction of sp³-hybridized carbons (Fsp3) is 0.214. The molecule has 0 radical (unpaired) electrons. The third kappa shape index (κ3) is 4.00. The standard InChI is InChI=1S/C14H16N2O2S2/c1-12-15-10-14(19-12)11-16(2)20(17,18)9-8-13-6-4-3-5-7-13/h3-10H,11H2,1-2H3/b9-8+. The highest BCUT2D eigenvalue weighted by Gasteiger charge is 2.15. The lowest BCUT2D eigenvalue weighted by Crippen LogP contribution is -2.23. The lowest BCUT2D eigenvalue weighted by atomic mass is 10.2. The molecule has 0 N–H and O–H groups in total. The van der Waals surface area contributed by atoms with Crippen LogP contribution in [0.2, 0.25) is 0 Å². The monoisotopic (exact) mass is 308 g/mol. The number of aromatic nitrogens is 1. The van der Waals surface area contributed by atoms with Gasteiger partial charge in [0.15, 0.2) is 0 Å². The molecule has 0 amide bonds. The minimum atomic E-state index is -3.42. The molecule has 0 spiro atoms. The number of rotatable bonds is 5. The van der Waals surface area contributed by atoms with Crippen LogP contribution in [0, 0.1) is 6.92 Å². The first-order chi connectivity index (χ1) is 9.47. The van der Waals surface area contributed by atoms with Gasteiger partial charge in [-0.15, -0.1) is 11.3 Å². The number of thiazole rings is 1. The summed E-state index contributed by atoms with van der Waals surface area (Å²) in [6.45, 7) is 2.24. The van der Waals surface area contributed by atoms with Gasteiger partial charge in [0.05, 0.1) is 5.01 Å². The minimum Gasteiger partial charge on any atom is -0.250 e. The normalized spacial score (nSPS) is 12.3. The van der Waals surface area contributed by atoms with Gasteiger partial charge in [0.1, 0.15) is 0 Å². The smallest absolute Gasteiger partial charge is 0.236 e. The SMILES string of the molecule is Cc1ncc(CN(C)S(=O)(=O)/C=C/c2ccccc2)s1. The maximum absolute atomic E-state index is 12.1. The first-order valence-corrected chi connectivity index (χ1v) is 8.40. The fourth-order valence-electron chi connectivity index (χ4n) is 1.62. The second-order valence-corrected chi connectivity index (χ2v) is 7.60. The Balaban J connectivity index is 2.08. The third-order valence-electron chi connectivity index (χ3n) is 2.71. The van der Waals surface area contributed by atoms with E-state index in [0.717, 1.165) is 15.4 Å². The molecule has 20 heavy (non-hydrogen) atoms. The highest BCUT2D eigenvalue weighted by molar-refractivity contribution is 7.92. The quantitative estimate of drug-likeness (QED) is 0.853. The first kappa shape index (κ1) is 14.9.